The highest BCUT2D eigenvalue weighted by Gasteiger charge is 2.25. The molecule has 0 aliphatic heterocycles. The van der Waals surface area contributed by atoms with Crippen molar-refractivity contribution in [3.05, 3.63) is 23.0 Å². The third-order valence-corrected chi connectivity index (χ3v) is 3.77. The Labute approximate surface area is 123 Å². The van der Waals surface area contributed by atoms with Crippen molar-refractivity contribution >= 4 is 11.5 Å². The molecule has 0 aliphatic rings. The van der Waals surface area contributed by atoms with Crippen molar-refractivity contribution in [2.75, 3.05) is 13.7 Å². The normalized spacial score (nSPS) is 12.8. The largest absolute Gasteiger partial charge is 0.493 e. The van der Waals surface area contributed by atoms with Gasteiger partial charge in [0.15, 0.2) is 5.75 Å². The van der Waals surface area contributed by atoms with Crippen LogP contribution in [-0.2, 0) is 0 Å². The minimum atomic E-state index is 0.00907. The van der Waals surface area contributed by atoms with Gasteiger partial charge in [0.25, 0.3) is 0 Å². The van der Waals surface area contributed by atoms with E-state index in [0.29, 0.717) is 0 Å². The first-order valence-electron chi connectivity index (χ1n) is 6.81. The smallest absolute Gasteiger partial charge is 0.161 e. The summed E-state index contributed by atoms with van der Waals surface area (Å²) >= 11 is 1.40. The minimum Gasteiger partial charge on any atom is -0.493 e. The molecule has 2 aromatic rings. The van der Waals surface area contributed by atoms with E-state index < -0.39 is 0 Å². The molecule has 0 bridgehead atoms. The highest BCUT2D eigenvalue weighted by molar-refractivity contribution is 7.05. The summed E-state index contributed by atoms with van der Waals surface area (Å²) in [7, 11) is 1.67. The number of methoxy groups -OCH3 is 1. The summed E-state index contributed by atoms with van der Waals surface area (Å²) in [5.41, 5.74) is 1.03. The predicted octanol–water partition coefficient (Wildman–Crippen LogP) is 2.41. The van der Waals surface area contributed by atoms with E-state index in [9.17, 15) is 0 Å². The Balaban J connectivity index is 2.44. The molecule has 6 nitrogen and oxygen atoms in total. The highest BCUT2D eigenvalue weighted by Crippen LogP contribution is 2.32. The van der Waals surface area contributed by atoms with Gasteiger partial charge >= 0.3 is 0 Å². The molecule has 1 N–H and O–H groups in total. The van der Waals surface area contributed by atoms with E-state index in [1.807, 2.05) is 4.68 Å². The summed E-state index contributed by atoms with van der Waals surface area (Å²) in [6.45, 7) is 7.27. The molecule has 20 heavy (non-hydrogen) atoms. The first kappa shape index (κ1) is 14.9. The molecule has 110 valence electrons. The summed E-state index contributed by atoms with van der Waals surface area (Å²) in [6.07, 6.45) is 4.63. The molecule has 1 atom stereocenters. The van der Waals surface area contributed by atoms with Crippen LogP contribution in [0.3, 0.4) is 0 Å². The van der Waals surface area contributed by atoms with Crippen molar-refractivity contribution in [2.45, 2.75) is 39.3 Å². The molecular formula is C13H21N5OS. The van der Waals surface area contributed by atoms with Crippen LogP contribution >= 0.6 is 11.5 Å². The second-order valence-corrected chi connectivity index (χ2v) is 5.66. The molecule has 0 saturated carbocycles. The summed E-state index contributed by atoms with van der Waals surface area (Å²) in [5.74, 6) is 0.792. The van der Waals surface area contributed by atoms with E-state index in [-0.39, 0.29) is 12.1 Å². The van der Waals surface area contributed by atoms with Crippen molar-refractivity contribution in [1.82, 2.24) is 24.7 Å². The van der Waals surface area contributed by atoms with Gasteiger partial charge in [0.1, 0.15) is 5.69 Å². The lowest BCUT2D eigenvalue weighted by Gasteiger charge is -2.21. The molecule has 0 radical (unpaired) electrons. The number of hydrogen-bond acceptors (Lipinski definition) is 6. The minimum absolute atomic E-state index is 0.00907. The van der Waals surface area contributed by atoms with Gasteiger partial charge in [-0.05, 0) is 38.3 Å². The first-order valence-corrected chi connectivity index (χ1v) is 7.58. The van der Waals surface area contributed by atoms with Gasteiger partial charge in [-0.15, -0.1) is 5.10 Å². The summed E-state index contributed by atoms with van der Waals surface area (Å²) < 4.78 is 11.4. The maximum Gasteiger partial charge on any atom is 0.161 e. The predicted molar refractivity (Wildman–Crippen MR) is 79.2 cm³/mol. The molecule has 2 heterocycles. The topological polar surface area (TPSA) is 64.9 Å². The summed E-state index contributed by atoms with van der Waals surface area (Å²) in [5, 5.41) is 11.9. The quantitative estimate of drug-likeness (QED) is 0.850. The van der Waals surface area contributed by atoms with Crippen LogP contribution in [0, 0.1) is 0 Å². The molecular weight excluding hydrogens is 274 g/mol. The van der Waals surface area contributed by atoms with Crippen molar-refractivity contribution in [1.29, 1.82) is 0 Å². The molecule has 0 fully saturated rings. The third kappa shape index (κ3) is 2.99. The molecule has 0 saturated heterocycles. The molecule has 0 aromatic carbocycles. The zero-order valence-electron chi connectivity index (χ0n) is 12.3. The number of nitrogens with one attached hydrogen (secondary N) is 1. The number of aromatic nitrogens is 4. The monoisotopic (exact) mass is 295 g/mol. The standard InChI is InChI=1S/C13H21N5OS/c1-5-6-14-12(11-8-15-17-20-11)13-10(19-4)7-16-18(13)9(2)3/h7-9,12,14H,5-6H2,1-4H3. The number of nitrogens with zero attached hydrogens (tertiary/aromatic N) is 4. The Bertz CT molecular complexity index is 523. The van der Waals surface area contributed by atoms with Crippen LogP contribution in [0.15, 0.2) is 12.4 Å². The van der Waals surface area contributed by atoms with Gasteiger partial charge in [-0.3, -0.25) is 4.68 Å². The van der Waals surface area contributed by atoms with Gasteiger partial charge in [-0.1, -0.05) is 11.4 Å². The zero-order chi connectivity index (χ0) is 14.5. The van der Waals surface area contributed by atoms with Gasteiger partial charge in [-0.25, -0.2) is 0 Å². The van der Waals surface area contributed by atoms with E-state index in [1.165, 1.54) is 11.5 Å². The van der Waals surface area contributed by atoms with Gasteiger partial charge in [-0.2, -0.15) is 5.10 Å². The second-order valence-electron chi connectivity index (χ2n) is 4.84. The lowest BCUT2D eigenvalue weighted by Crippen LogP contribution is -2.26. The molecule has 0 amide bonds. The average molecular weight is 295 g/mol. The first-order chi connectivity index (χ1) is 9.69. The lowest BCUT2D eigenvalue weighted by atomic mass is 10.1. The SMILES string of the molecule is CCCNC(c1cnns1)c1c(OC)cnn1C(C)C. The van der Waals surface area contributed by atoms with Crippen molar-refractivity contribution in [3.63, 3.8) is 0 Å². The Hall–Kier alpha value is -1.47. The molecule has 7 heteroatoms. The maximum absolute atomic E-state index is 5.48. The van der Waals surface area contributed by atoms with Gasteiger partial charge in [0.05, 0.1) is 30.4 Å². The fourth-order valence-electron chi connectivity index (χ4n) is 2.12. The van der Waals surface area contributed by atoms with Crippen LogP contribution in [0.5, 0.6) is 5.75 Å². The van der Waals surface area contributed by atoms with E-state index in [2.05, 4.69) is 40.8 Å². The Morgan fingerprint density at radius 3 is 2.75 bits per heavy atom. The Morgan fingerprint density at radius 1 is 1.40 bits per heavy atom. The number of ether oxygens (including phenoxy) is 1. The van der Waals surface area contributed by atoms with Crippen LogP contribution in [0.25, 0.3) is 0 Å². The summed E-state index contributed by atoms with van der Waals surface area (Å²) in [6, 6.07) is 0.274. The van der Waals surface area contributed by atoms with Crippen molar-refractivity contribution < 1.29 is 4.74 Å². The van der Waals surface area contributed by atoms with Gasteiger partial charge in [0.2, 0.25) is 0 Å². The average Bonchev–Trinajstić information content (AvgIpc) is 3.08. The number of rotatable bonds is 7. The maximum atomic E-state index is 5.48. The fourth-order valence-corrected chi connectivity index (χ4v) is 2.71. The van der Waals surface area contributed by atoms with Gasteiger partial charge < -0.3 is 10.1 Å². The van der Waals surface area contributed by atoms with E-state index in [4.69, 9.17) is 4.74 Å². The van der Waals surface area contributed by atoms with Crippen LogP contribution < -0.4 is 10.1 Å². The molecule has 2 aromatic heterocycles. The van der Waals surface area contributed by atoms with Crippen molar-refractivity contribution in [2.24, 2.45) is 0 Å². The molecule has 0 spiro atoms. The van der Waals surface area contributed by atoms with E-state index in [1.54, 1.807) is 19.5 Å². The molecule has 2 rings (SSSR count). The Morgan fingerprint density at radius 2 is 2.20 bits per heavy atom. The van der Waals surface area contributed by atoms with Crippen molar-refractivity contribution in [3.8, 4) is 5.75 Å². The lowest BCUT2D eigenvalue weighted by molar-refractivity contribution is 0.394. The van der Waals surface area contributed by atoms with E-state index in [0.717, 1.165) is 29.3 Å². The second kappa shape index (κ2) is 6.81. The fraction of sp³-hybridized carbons (Fsp3) is 0.615. The van der Waals surface area contributed by atoms with E-state index >= 15 is 0 Å². The molecule has 0 aliphatic carbocycles. The highest BCUT2D eigenvalue weighted by atomic mass is 32.1. The van der Waals surface area contributed by atoms with Crippen LogP contribution in [0.1, 0.15) is 49.8 Å². The zero-order valence-corrected chi connectivity index (χ0v) is 13.1. The van der Waals surface area contributed by atoms with Crippen LogP contribution in [0.4, 0.5) is 0 Å². The van der Waals surface area contributed by atoms with Crippen LogP contribution in [-0.4, -0.2) is 33.0 Å². The summed E-state index contributed by atoms with van der Waals surface area (Å²) in [4.78, 5) is 1.07. The Kier molecular flexibility index (Phi) is 5.08. The van der Waals surface area contributed by atoms with Gasteiger partial charge in [0, 0.05) is 6.04 Å². The third-order valence-electron chi connectivity index (χ3n) is 3.04. The number of hydrogen-bond donors (Lipinski definition) is 1. The molecule has 1 unspecified atom stereocenters. The van der Waals surface area contributed by atoms with Crippen LogP contribution in [0.2, 0.25) is 0 Å².